The fourth-order valence-corrected chi connectivity index (χ4v) is 4.18. The van der Waals surface area contributed by atoms with Gasteiger partial charge in [0.05, 0.1) is 17.6 Å². The predicted octanol–water partition coefficient (Wildman–Crippen LogP) is 1.58. The van der Waals surface area contributed by atoms with Crippen LogP contribution in [0.15, 0.2) is 24.3 Å². The molecule has 3 fully saturated rings. The van der Waals surface area contributed by atoms with Gasteiger partial charge in [-0.2, -0.15) is 0 Å². The fraction of sp³-hybridized carbons (Fsp3) is 0.600. The number of imidazole rings is 1. The first kappa shape index (κ1) is 19.0. The van der Waals surface area contributed by atoms with E-state index in [1.165, 1.54) is 0 Å². The summed E-state index contributed by atoms with van der Waals surface area (Å²) in [5, 5.41) is 2.88. The zero-order valence-electron chi connectivity index (χ0n) is 16.8. The van der Waals surface area contributed by atoms with Gasteiger partial charge in [-0.1, -0.05) is 12.1 Å². The van der Waals surface area contributed by atoms with E-state index in [1.54, 1.807) is 13.8 Å². The van der Waals surface area contributed by atoms with Crippen LogP contribution in [0.5, 0.6) is 0 Å². The quantitative estimate of drug-likeness (QED) is 0.802. The van der Waals surface area contributed by atoms with Crippen LogP contribution in [0.1, 0.15) is 33.5 Å². The van der Waals surface area contributed by atoms with Crippen LogP contribution < -0.4 is 5.32 Å². The second-order valence-corrected chi connectivity index (χ2v) is 8.51. The number of ether oxygens (including phenoxy) is 5. The molecule has 3 aliphatic rings. The molecule has 2 N–H and O–H groups in total. The minimum absolute atomic E-state index is 0.242. The first-order chi connectivity index (χ1) is 13.7. The number of para-hydroxylation sites is 2. The Morgan fingerprint density at radius 2 is 1.72 bits per heavy atom. The molecule has 2 aromatic rings. The molecule has 0 aliphatic carbocycles. The fourth-order valence-electron chi connectivity index (χ4n) is 4.18. The summed E-state index contributed by atoms with van der Waals surface area (Å²) in [7, 11) is 0. The number of benzene rings is 1. The number of rotatable bonds is 3. The van der Waals surface area contributed by atoms with Gasteiger partial charge in [0.15, 0.2) is 24.0 Å². The molecule has 1 amide bonds. The molecular formula is C20H25N3O6. The van der Waals surface area contributed by atoms with E-state index >= 15 is 0 Å². The van der Waals surface area contributed by atoms with Gasteiger partial charge in [0, 0.05) is 0 Å². The molecule has 0 unspecified atom stereocenters. The third-order valence-electron chi connectivity index (χ3n) is 5.28. The van der Waals surface area contributed by atoms with Crippen molar-refractivity contribution < 1.29 is 28.5 Å². The standard InChI is InChI=1S/C20H25N3O6/c1-19(2)26-13-14(27-19)16-18(29-20(3,4)28-16)25-15(13)17(24)21-9-12-22-10-7-5-6-8-11(10)23-12/h5-8,13-16,18H,9H2,1-4H3,(H,21,24)(H,22,23)/t13-,14-,15-,16-,18+/m1/s1. The minimum atomic E-state index is -0.884. The van der Waals surface area contributed by atoms with Gasteiger partial charge in [-0.3, -0.25) is 4.79 Å². The molecular weight excluding hydrogens is 378 g/mol. The zero-order valence-corrected chi connectivity index (χ0v) is 16.8. The highest BCUT2D eigenvalue weighted by Gasteiger charge is 2.62. The van der Waals surface area contributed by atoms with E-state index in [0.717, 1.165) is 11.0 Å². The van der Waals surface area contributed by atoms with Crippen LogP contribution in [0.3, 0.4) is 0 Å². The summed E-state index contributed by atoms with van der Waals surface area (Å²) in [6.45, 7) is 7.48. The molecule has 1 aromatic heterocycles. The average Bonchev–Trinajstić information content (AvgIpc) is 3.29. The van der Waals surface area contributed by atoms with E-state index in [4.69, 9.17) is 23.7 Å². The summed E-state index contributed by atoms with van der Waals surface area (Å²) in [6, 6.07) is 7.70. The Morgan fingerprint density at radius 3 is 2.52 bits per heavy atom. The van der Waals surface area contributed by atoms with Crippen molar-refractivity contribution >= 4 is 16.9 Å². The van der Waals surface area contributed by atoms with Crippen LogP contribution >= 0.6 is 0 Å². The highest BCUT2D eigenvalue weighted by Crippen LogP contribution is 2.44. The Kier molecular flexibility index (Phi) is 4.24. The number of carbonyl (C=O) groups is 1. The van der Waals surface area contributed by atoms with E-state index in [2.05, 4.69) is 15.3 Å². The third kappa shape index (κ3) is 3.43. The molecule has 5 atom stereocenters. The van der Waals surface area contributed by atoms with Crippen molar-refractivity contribution in [2.45, 2.75) is 76.5 Å². The molecule has 1 aromatic carbocycles. The van der Waals surface area contributed by atoms with Crippen LogP contribution in [-0.2, 0) is 35.0 Å². The molecule has 3 saturated heterocycles. The number of carbonyl (C=O) groups excluding carboxylic acids is 1. The lowest BCUT2D eigenvalue weighted by Gasteiger charge is -2.36. The number of H-pyrrole nitrogens is 1. The van der Waals surface area contributed by atoms with Crippen LogP contribution in [0.2, 0.25) is 0 Å². The van der Waals surface area contributed by atoms with Crippen molar-refractivity contribution in [3.8, 4) is 0 Å². The number of hydrogen-bond acceptors (Lipinski definition) is 7. The molecule has 9 nitrogen and oxygen atoms in total. The summed E-state index contributed by atoms with van der Waals surface area (Å²) in [5.41, 5.74) is 1.77. The number of nitrogens with zero attached hydrogens (tertiary/aromatic N) is 1. The van der Waals surface area contributed by atoms with Gasteiger partial charge in [-0.05, 0) is 39.8 Å². The van der Waals surface area contributed by atoms with Gasteiger partial charge in [0.2, 0.25) is 0 Å². The largest absolute Gasteiger partial charge is 0.347 e. The van der Waals surface area contributed by atoms with Crippen molar-refractivity contribution in [2.75, 3.05) is 0 Å². The van der Waals surface area contributed by atoms with E-state index in [9.17, 15) is 4.79 Å². The van der Waals surface area contributed by atoms with Crippen molar-refractivity contribution in [3.05, 3.63) is 30.1 Å². The lowest BCUT2D eigenvalue weighted by atomic mass is 9.98. The first-order valence-electron chi connectivity index (χ1n) is 9.79. The van der Waals surface area contributed by atoms with Crippen LogP contribution in [-0.4, -0.2) is 58.2 Å². The second kappa shape index (κ2) is 6.48. The predicted molar refractivity (Wildman–Crippen MR) is 100 cm³/mol. The number of nitrogens with one attached hydrogen (secondary N) is 2. The lowest BCUT2D eigenvalue weighted by molar-refractivity contribution is -0.231. The highest BCUT2D eigenvalue weighted by atomic mass is 16.9. The zero-order chi connectivity index (χ0) is 20.4. The van der Waals surface area contributed by atoms with Crippen molar-refractivity contribution in [1.82, 2.24) is 15.3 Å². The van der Waals surface area contributed by atoms with Crippen molar-refractivity contribution in [1.29, 1.82) is 0 Å². The highest BCUT2D eigenvalue weighted by molar-refractivity contribution is 5.82. The normalized spacial score (nSPS) is 34.7. The van der Waals surface area contributed by atoms with E-state index in [-0.39, 0.29) is 12.5 Å². The van der Waals surface area contributed by atoms with Crippen molar-refractivity contribution in [2.24, 2.45) is 0 Å². The molecule has 0 bridgehead atoms. The van der Waals surface area contributed by atoms with Crippen molar-refractivity contribution in [3.63, 3.8) is 0 Å². The van der Waals surface area contributed by atoms with Gasteiger partial charge in [0.25, 0.3) is 5.91 Å². The second-order valence-electron chi connectivity index (χ2n) is 8.51. The summed E-state index contributed by atoms with van der Waals surface area (Å²) in [4.78, 5) is 20.7. The van der Waals surface area contributed by atoms with E-state index in [0.29, 0.717) is 5.82 Å². The number of fused-ring (bicyclic) bond motifs is 4. The first-order valence-corrected chi connectivity index (χ1v) is 9.79. The summed E-state index contributed by atoms with van der Waals surface area (Å²) in [6.07, 6.45) is -3.11. The number of aromatic amines is 1. The molecule has 9 heteroatoms. The van der Waals surface area contributed by atoms with Gasteiger partial charge in [-0.15, -0.1) is 0 Å². The molecule has 5 rings (SSSR count). The SMILES string of the molecule is CC1(C)O[C@@H]2[C@@H](O1)[C@H](C(=O)NCc1nc3ccccc3[nH]1)O[C@H]1OC(C)(C)O[C@@H]12. The minimum Gasteiger partial charge on any atom is -0.347 e. The third-order valence-corrected chi connectivity index (χ3v) is 5.28. The molecule has 0 spiro atoms. The maximum Gasteiger partial charge on any atom is 0.252 e. The maximum atomic E-state index is 13.0. The Hall–Kier alpha value is -2.04. The molecule has 3 aliphatic heterocycles. The molecule has 4 heterocycles. The molecule has 29 heavy (non-hydrogen) atoms. The molecule has 0 radical (unpaired) electrons. The van der Waals surface area contributed by atoms with Crippen LogP contribution in [0, 0.1) is 0 Å². The van der Waals surface area contributed by atoms with Gasteiger partial charge in [-0.25, -0.2) is 4.98 Å². The monoisotopic (exact) mass is 403 g/mol. The number of aromatic nitrogens is 2. The van der Waals surface area contributed by atoms with Gasteiger partial charge >= 0.3 is 0 Å². The van der Waals surface area contributed by atoms with E-state index in [1.807, 2.05) is 38.1 Å². The summed E-state index contributed by atoms with van der Waals surface area (Å²) >= 11 is 0. The lowest BCUT2D eigenvalue weighted by Crippen LogP contribution is -2.59. The summed E-state index contributed by atoms with van der Waals surface area (Å²) < 4.78 is 29.8. The Labute approximate surface area is 168 Å². The Balaban J connectivity index is 1.33. The van der Waals surface area contributed by atoms with Crippen LogP contribution in [0.25, 0.3) is 11.0 Å². The number of amides is 1. The average molecular weight is 403 g/mol. The van der Waals surface area contributed by atoms with Gasteiger partial charge < -0.3 is 34.0 Å². The topological polar surface area (TPSA) is 104 Å². The smallest absolute Gasteiger partial charge is 0.252 e. The Bertz CT molecular complexity index is 908. The maximum absolute atomic E-state index is 13.0. The van der Waals surface area contributed by atoms with Crippen LogP contribution in [0.4, 0.5) is 0 Å². The molecule has 156 valence electrons. The van der Waals surface area contributed by atoms with Gasteiger partial charge in [0.1, 0.15) is 24.1 Å². The summed E-state index contributed by atoms with van der Waals surface area (Å²) in [5.74, 6) is -1.32. The Morgan fingerprint density at radius 1 is 1.03 bits per heavy atom. The van der Waals surface area contributed by atoms with E-state index < -0.39 is 42.3 Å². The number of hydrogen-bond donors (Lipinski definition) is 2. The molecule has 0 saturated carbocycles.